The number of likely N-dealkylation sites (tertiary alicyclic amines) is 1. The smallest absolute Gasteiger partial charge is 0.0349 e. The lowest BCUT2D eigenvalue weighted by atomic mass is 10.1. The minimum absolute atomic E-state index is 0.710. The normalized spacial score (nSPS) is 16.3. The summed E-state index contributed by atoms with van der Waals surface area (Å²) in [5.41, 5.74) is 1.56. The average molecular weight is 302 g/mol. The Bertz CT molecular complexity index is 582. The van der Waals surface area contributed by atoms with Crippen LogP contribution in [0.4, 0.5) is 0 Å². The van der Waals surface area contributed by atoms with Crippen molar-refractivity contribution in [1.29, 1.82) is 0 Å². The predicted octanol–water partition coefficient (Wildman–Crippen LogP) is 4.24. The van der Waals surface area contributed by atoms with Gasteiger partial charge in [-0.3, -0.25) is 4.90 Å². The van der Waals surface area contributed by atoms with Gasteiger partial charge in [-0.05, 0) is 55.4 Å². The van der Waals surface area contributed by atoms with Gasteiger partial charge in [-0.2, -0.15) is 0 Å². The molecule has 2 nitrogen and oxygen atoms in total. The zero-order valence-electron chi connectivity index (χ0n) is 13.2. The summed E-state index contributed by atoms with van der Waals surface area (Å²) in [6, 6.07) is 8.89. The highest BCUT2D eigenvalue weighted by atomic mass is 32.1. The molecule has 1 N–H and O–H groups in total. The zero-order valence-corrected chi connectivity index (χ0v) is 14.0. The van der Waals surface area contributed by atoms with E-state index < -0.39 is 0 Å². The molecule has 1 aliphatic rings. The molecular formula is C18H26N2S. The first-order chi connectivity index (χ1) is 10.2. The molecule has 1 aliphatic heterocycles. The Labute approximate surface area is 132 Å². The molecule has 1 fully saturated rings. The van der Waals surface area contributed by atoms with Crippen LogP contribution in [0.3, 0.4) is 0 Å². The number of benzene rings is 1. The van der Waals surface area contributed by atoms with Crippen molar-refractivity contribution in [3.63, 3.8) is 0 Å². The maximum absolute atomic E-state index is 3.62. The molecule has 0 atom stereocenters. The Balaban J connectivity index is 1.82. The molecule has 0 aliphatic carbocycles. The van der Waals surface area contributed by atoms with E-state index in [2.05, 4.69) is 48.3 Å². The molecule has 0 unspecified atom stereocenters. The summed E-state index contributed by atoms with van der Waals surface area (Å²) in [7, 11) is 0. The molecule has 1 aromatic heterocycles. The van der Waals surface area contributed by atoms with E-state index in [0.29, 0.717) is 5.92 Å². The summed E-state index contributed by atoms with van der Waals surface area (Å²) in [6.07, 6.45) is 2.73. The van der Waals surface area contributed by atoms with Crippen LogP contribution in [0, 0.1) is 5.92 Å². The van der Waals surface area contributed by atoms with Gasteiger partial charge in [0.15, 0.2) is 0 Å². The van der Waals surface area contributed by atoms with Crippen molar-refractivity contribution in [2.75, 3.05) is 19.6 Å². The molecule has 0 amide bonds. The Kier molecular flexibility index (Phi) is 4.94. The molecular weight excluding hydrogens is 276 g/mol. The average Bonchev–Trinajstić information content (AvgIpc) is 3.08. The van der Waals surface area contributed by atoms with Crippen LogP contribution >= 0.6 is 11.3 Å². The van der Waals surface area contributed by atoms with Gasteiger partial charge in [0.1, 0.15) is 0 Å². The Morgan fingerprint density at radius 3 is 2.71 bits per heavy atom. The molecule has 3 rings (SSSR count). The maximum Gasteiger partial charge on any atom is 0.0349 e. The second-order valence-corrected chi connectivity index (χ2v) is 7.64. The van der Waals surface area contributed by atoms with Crippen LogP contribution in [0.5, 0.6) is 0 Å². The third-order valence-corrected chi connectivity index (χ3v) is 5.41. The van der Waals surface area contributed by atoms with Gasteiger partial charge in [-0.15, -0.1) is 11.3 Å². The fraction of sp³-hybridized carbons (Fsp3) is 0.556. The number of rotatable bonds is 6. The lowest BCUT2D eigenvalue weighted by Crippen LogP contribution is -2.21. The number of nitrogens with one attached hydrogen (secondary N) is 1. The summed E-state index contributed by atoms with van der Waals surface area (Å²) in [4.78, 5) is 4.14. The van der Waals surface area contributed by atoms with Crippen molar-refractivity contribution in [3.8, 4) is 0 Å². The van der Waals surface area contributed by atoms with E-state index in [4.69, 9.17) is 0 Å². The van der Waals surface area contributed by atoms with Crippen LogP contribution in [-0.2, 0) is 13.1 Å². The number of hydrogen-bond acceptors (Lipinski definition) is 3. The first-order valence-electron chi connectivity index (χ1n) is 8.16. The van der Waals surface area contributed by atoms with Gasteiger partial charge in [0.25, 0.3) is 0 Å². The molecule has 0 bridgehead atoms. The summed E-state index contributed by atoms with van der Waals surface area (Å²) in [5, 5.41) is 5.09. The van der Waals surface area contributed by atoms with Gasteiger partial charge >= 0.3 is 0 Å². The van der Waals surface area contributed by atoms with Crippen molar-refractivity contribution in [1.82, 2.24) is 10.2 Å². The Hall–Kier alpha value is -0.900. The van der Waals surface area contributed by atoms with E-state index in [1.54, 1.807) is 5.56 Å². The lowest BCUT2D eigenvalue weighted by Gasteiger charge is -2.16. The second kappa shape index (κ2) is 6.91. The van der Waals surface area contributed by atoms with Gasteiger partial charge in [-0.25, -0.2) is 0 Å². The third kappa shape index (κ3) is 3.65. The van der Waals surface area contributed by atoms with Gasteiger partial charge in [0.2, 0.25) is 0 Å². The lowest BCUT2D eigenvalue weighted by molar-refractivity contribution is 0.332. The van der Waals surface area contributed by atoms with Crippen LogP contribution in [0.1, 0.15) is 37.1 Å². The SMILES string of the molecule is CC(C)CNCc1sc2ccccc2c1CN1CCCC1. The molecule has 0 saturated carbocycles. The minimum atomic E-state index is 0.710. The molecule has 1 aromatic carbocycles. The highest BCUT2D eigenvalue weighted by molar-refractivity contribution is 7.19. The molecule has 2 aromatic rings. The second-order valence-electron chi connectivity index (χ2n) is 6.51. The van der Waals surface area contributed by atoms with E-state index in [0.717, 1.165) is 19.6 Å². The fourth-order valence-electron chi connectivity index (χ4n) is 3.10. The van der Waals surface area contributed by atoms with Crippen molar-refractivity contribution < 1.29 is 0 Å². The van der Waals surface area contributed by atoms with E-state index >= 15 is 0 Å². The van der Waals surface area contributed by atoms with Gasteiger partial charge in [-0.1, -0.05) is 32.0 Å². The van der Waals surface area contributed by atoms with Crippen molar-refractivity contribution in [2.45, 2.75) is 39.8 Å². The predicted molar refractivity (Wildman–Crippen MR) is 92.9 cm³/mol. The summed E-state index contributed by atoms with van der Waals surface area (Å²) < 4.78 is 1.44. The van der Waals surface area contributed by atoms with Gasteiger partial charge in [0.05, 0.1) is 0 Å². The molecule has 3 heteroatoms. The van der Waals surface area contributed by atoms with Crippen molar-refractivity contribution in [2.24, 2.45) is 5.92 Å². The minimum Gasteiger partial charge on any atom is -0.312 e. The van der Waals surface area contributed by atoms with Crippen molar-refractivity contribution in [3.05, 3.63) is 34.7 Å². The zero-order chi connectivity index (χ0) is 14.7. The monoisotopic (exact) mass is 302 g/mol. The number of nitrogens with zero attached hydrogens (tertiary/aromatic N) is 1. The van der Waals surface area contributed by atoms with Crippen LogP contribution < -0.4 is 5.32 Å². The van der Waals surface area contributed by atoms with Crippen LogP contribution in [-0.4, -0.2) is 24.5 Å². The molecule has 114 valence electrons. The standard InChI is InChI=1S/C18H26N2S/c1-14(2)11-19-12-18-16(13-20-9-5-6-10-20)15-7-3-4-8-17(15)21-18/h3-4,7-8,14,19H,5-6,9-13H2,1-2H3. The number of hydrogen-bond donors (Lipinski definition) is 1. The first-order valence-corrected chi connectivity index (χ1v) is 8.98. The highest BCUT2D eigenvalue weighted by Gasteiger charge is 2.17. The first kappa shape index (κ1) is 15.0. The molecule has 0 spiro atoms. The summed E-state index contributed by atoms with van der Waals surface area (Å²) in [5.74, 6) is 0.710. The summed E-state index contributed by atoms with van der Waals surface area (Å²) >= 11 is 1.97. The van der Waals surface area contributed by atoms with E-state index in [1.807, 2.05) is 11.3 Å². The Morgan fingerprint density at radius 1 is 1.19 bits per heavy atom. The number of fused-ring (bicyclic) bond motifs is 1. The molecule has 1 saturated heterocycles. The van der Waals surface area contributed by atoms with E-state index in [9.17, 15) is 0 Å². The third-order valence-electron chi connectivity index (χ3n) is 4.20. The van der Waals surface area contributed by atoms with E-state index in [-0.39, 0.29) is 0 Å². The highest BCUT2D eigenvalue weighted by Crippen LogP contribution is 2.32. The molecule has 2 heterocycles. The van der Waals surface area contributed by atoms with Gasteiger partial charge in [0, 0.05) is 22.7 Å². The van der Waals surface area contributed by atoms with E-state index in [1.165, 1.54) is 40.9 Å². The molecule has 0 radical (unpaired) electrons. The topological polar surface area (TPSA) is 15.3 Å². The quantitative estimate of drug-likeness (QED) is 0.858. The van der Waals surface area contributed by atoms with Crippen LogP contribution in [0.15, 0.2) is 24.3 Å². The van der Waals surface area contributed by atoms with Crippen molar-refractivity contribution >= 4 is 21.4 Å². The fourth-order valence-corrected chi connectivity index (χ4v) is 4.29. The van der Waals surface area contributed by atoms with Crippen LogP contribution in [0.25, 0.3) is 10.1 Å². The summed E-state index contributed by atoms with van der Waals surface area (Å²) in [6.45, 7) is 10.3. The molecule has 21 heavy (non-hydrogen) atoms. The largest absolute Gasteiger partial charge is 0.312 e. The van der Waals surface area contributed by atoms with Gasteiger partial charge < -0.3 is 5.32 Å². The van der Waals surface area contributed by atoms with Crippen LogP contribution in [0.2, 0.25) is 0 Å². The Morgan fingerprint density at radius 2 is 1.95 bits per heavy atom. The maximum atomic E-state index is 3.62. The number of thiophene rings is 1.